The Labute approximate surface area is 147 Å². The number of hydrogen-bond donors (Lipinski definition) is 0. The van der Waals surface area contributed by atoms with Gasteiger partial charge in [-0.2, -0.15) is 5.26 Å². The van der Waals surface area contributed by atoms with Gasteiger partial charge in [-0.3, -0.25) is 4.90 Å². The van der Waals surface area contributed by atoms with Gasteiger partial charge in [0.2, 0.25) is 5.95 Å². The number of rotatable bonds is 3. The maximum atomic E-state index is 8.85. The number of para-hydroxylation sites is 1. The van der Waals surface area contributed by atoms with Crippen LogP contribution in [0, 0.1) is 11.3 Å². The highest BCUT2D eigenvalue weighted by Gasteiger charge is 2.20. The molecule has 0 amide bonds. The van der Waals surface area contributed by atoms with Crippen molar-refractivity contribution in [1.29, 1.82) is 5.26 Å². The van der Waals surface area contributed by atoms with Crippen molar-refractivity contribution in [3.63, 3.8) is 0 Å². The van der Waals surface area contributed by atoms with E-state index in [9.17, 15) is 0 Å². The third-order valence-corrected chi connectivity index (χ3v) is 4.59. The van der Waals surface area contributed by atoms with Gasteiger partial charge in [-0.1, -0.05) is 48.5 Å². The van der Waals surface area contributed by atoms with Crippen LogP contribution in [0.15, 0.2) is 54.6 Å². The number of benzene rings is 2. The average molecular weight is 329 g/mol. The Balaban J connectivity index is 1.73. The summed E-state index contributed by atoms with van der Waals surface area (Å²) in [5, 5.41) is 9.92. The van der Waals surface area contributed by atoms with Gasteiger partial charge in [-0.25, -0.2) is 9.97 Å². The lowest BCUT2D eigenvalue weighted by Gasteiger charge is -2.33. The van der Waals surface area contributed by atoms with Crippen molar-refractivity contribution in [2.75, 3.05) is 37.6 Å². The predicted molar refractivity (Wildman–Crippen MR) is 99.2 cm³/mol. The van der Waals surface area contributed by atoms with E-state index in [1.165, 1.54) is 0 Å². The molecule has 2 aromatic carbocycles. The fraction of sp³-hybridized carbons (Fsp3) is 0.250. The van der Waals surface area contributed by atoms with E-state index in [2.05, 4.69) is 34.1 Å². The SMILES string of the molecule is N#CCN1CCN(c2nc(-c3ccccc3)c3ccccc3n2)CC1. The zero-order chi connectivity index (χ0) is 17.1. The maximum absolute atomic E-state index is 8.85. The van der Waals surface area contributed by atoms with Crippen LogP contribution in [0.4, 0.5) is 5.95 Å². The number of hydrogen-bond acceptors (Lipinski definition) is 5. The molecule has 124 valence electrons. The minimum atomic E-state index is 0.488. The number of anilines is 1. The fourth-order valence-electron chi connectivity index (χ4n) is 3.23. The van der Waals surface area contributed by atoms with Crippen LogP contribution < -0.4 is 4.90 Å². The molecule has 0 atom stereocenters. The van der Waals surface area contributed by atoms with Gasteiger partial charge in [0.05, 0.1) is 23.8 Å². The summed E-state index contributed by atoms with van der Waals surface area (Å²) in [6.07, 6.45) is 0. The number of piperazine rings is 1. The first kappa shape index (κ1) is 15.6. The van der Waals surface area contributed by atoms with Gasteiger partial charge in [0.1, 0.15) is 0 Å². The summed E-state index contributed by atoms with van der Waals surface area (Å²) >= 11 is 0. The molecule has 1 saturated heterocycles. The second-order valence-corrected chi connectivity index (χ2v) is 6.18. The van der Waals surface area contributed by atoms with E-state index in [0.717, 1.165) is 54.3 Å². The van der Waals surface area contributed by atoms with E-state index in [4.69, 9.17) is 15.2 Å². The zero-order valence-corrected chi connectivity index (χ0v) is 14.0. The first-order valence-electron chi connectivity index (χ1n) is 8.51. The second-order valence-electron chi connectivity index (χ2n) is 6.18. The third kappa shape index (κ3) is 3.17. The summed E-state index contributed by atoms with van der Waals surface area (Å²) in [5.74, 6) is 0.772. The van der Waals surface area contributed by atoms with Crippen LogP contribution in [0.25, 0.3) is 22.2 Å². The topological polar surface area (TPSA) is 56.1 Å². The van der Waals surface area contributed by atoms with Crippen LogP contribution >= 0.6 is 0 Å². The van der Waals surface area contributed by atoms with Crippen LogP contribution in [0.2, 0.25) is 0 Å². The molecule has 4 rings (SSSR count). The molecule has 5 nitrogen and oxygen atoms in total. The molecule has 0 unspecified atom stereocenters. The van der Waals surface area contributed by atoms with Crippen LogP contribution in [0.1, 0.15) is 0 Å². The Bertz CT molecular complexity index is 908. The predicted octanol–water partition coefficient (Wildman–Crippen LogP) is 2.94. The lowest BCUT2D eigenvalue weighted by atomic mass is 10.1. The van der Waals surface area contributed by atoms with Crippen molar-refractivity contribution >= 4 is 16.9 Å². The van der Waals surface area contributed by atoms with Crippen molar-refractivity contribution in [3.8, 4) is 17.3 Å². The highest BCUT2D eigenvalue weighted by Crippen LogP contribution is 2.28. The molecule has 0 radical (unpaired) electrons. The summed E-state index contributed by atoms with van der Waals surface area (Å²) in [4.78, 5) is 14.1. The quantitative estimate of drug-likeness (QED) is 0.692. The van der Waals surface area contributed by atoms with Crippen molar-refractivity contribution in [3.05, 3.63) is 54.6 Å². The smallest absolute Gasteiger partial charge is 0.226 e. The van der Waals surface area contributed by atoms with E-state index in [1.807, 2.05) is 36.4 Å². The molecule has 3 aromatic rings. The van der Waals surface area contributed by atoms with Gasteiger partial charge in [-0.15, -0.1) is 0 Å². The van der Waals surface area contributed by atoms with Gasteiger partial charge < -0.3 is 4.90 Å². The minimum absolute atomic E-state index is 0.488. The number of fused-ring (bicyclic) bond motifs is 1. The average Bonchev–Trinajstić information content (AvgIpc) is 2.69. The molecular formula is C20H19N5. The first-order valence-corrected chi connectivity index (χ1v) is 8.51. The first-order chi connectivity index (χ1) is 12.3. The van der Waals surface area contributed by atoms with Crippen LogP contribution in [0.5, 0.6) is 0 Å². The molecule has 1 aliphatic heterocycles. The van der Waals surface area contributed by atoms with E-state index < -0.39 is 0 Å². The lowest BCUT2D eigenvalue weighted by molar-refractivity contribution is 0.285. The number of nitriles is 1. The molecule has 0 saturated carbocycles. The van der Waals surface area contributed by atoms with Crippen molar-refractivity contribution < 1.29 is 0 Å². The molecule has 1 aliphatic rings. The highest BCUT2D eigenvalue weighted by molar-refractivity contribution is 5.93. The summed E-state index contributed by atoms with van der Waals surface area (Å²) in [6.45, 7) is 3.90. The molecular weight excluding hydrogens is 310 g/mol. The molecule has 1 fully saturated rings. The van der Waals surface area contributed by atoms with Gasteiger partial charge >= 0.3 is 0 Å². The van der Waals surface area contributed by atoms with Crippen LogP contribution in [-0.4, -0.2) is 47.6 Å². The second kappa shape index (κ2) is 6.88. The van der Waals surface area contributed by atoms with Crippen molar-refractivity contribution in [2.45, 2.75) is 0 Å². The number of aromatic nitrogens is 2. The Kier molecular flexibility index (Phi) is 4.28. The summed E-state index contributed by atoms with van der Waals surface area (Å²) in [6, 6.07) is 20.6. The molecule has 0 N–H and O–H groups in total. The van der Waals surface area contributed by atoms with Gasteiger partial charge in [0.15, 0.2) is 0 Å². The molecule has 0 aliphatic carbocycles. The maximum Gasteiger partial charge on any atom is 0.226 e. The Morgan fingerprint density at radius 1 is 0.880 bits per heavy atom. The Morgan fingerprint density at radius 3 is 2.36 bits per heavy atom. The monoisotopic (exact) mass is 329 g/mol. The van der Waals surface area contributed by atoms with E-state index >= 15 is 0 Å². The summed E-state index contributed by atoms with van der Waals surface area (Å²) in [5.41, 5.74) is 3.04. The molecule has 1 aromatic heterocycles. The largest absolute Gasteiger partial charge is 0.338 e. The van der Waals surface area contributed by atoms with E-state index in [0.29, 0.717) is 6.54 Å². The standard InChI is InChI=1S/C20H19N5/c21-10-11-24-12-14-25(15-13-24)20-22-18-9-5-4-8-17(18)19(23-20)16-6-2-1-3-7-16/h1-9H,11-15H2. The van der Waals surface area contributed by atoms with Crippen LogP contribution in [-0.2, 0) is 0 Å². The molecule has 0 bridgehead atoms. The molecule has 0 spiro atoms. The third-order valence-electron chi connectivity index (χ3n) is 4.59. The molecule has 5 heteroatoms. The van der Waals surface area contributed by atoms with E-state index in [-0.39, 0.29) is 0 Å². The summed E-state index contributed by atoms with van der Waals surface area (Å²) in [7, 11) is 0. The van der Waals surface area contributed by atoms with Crippen LogP contribution in [0.3, 0.4) is 0 Å². The van der Waals surface area contributed by atoms with Gasteiger partial charge in [-0.05, 0) is 6.07 Å². The van der Waals surface area contributed by atoms with E-state index in [1.54, 1.807) is 0 Å². The summed E-state index contributed by atoms with van der Waals surface area (Å²) < 4.78 is 0. The zero-order valence-electron chi connectivity index (χ0n) is 14.0. The normalized spacial score (nSPS) is 15.2. The molecule has 25 heavy (non-hydrogen) atoms. The van der Waals surface area contributed by atoms with Crippen molar-refractivity contribution in [2.24, 2.45) is 0 Å². The van der Waals surface area contributed by atoms with Crippen molar-refractivity contribution in [1.82, 2.24) is 14.9 Å². The Morgan fingerprint density at radius 2 is 1.60 bits per heavy atom. The van der Waals surface area contributed by atoms with Gasteiger partial charge in [0.25, 0.3) is 0 Å². The Hall–Kier alpha value is -2.97. The lowest BCUT2D eigenvalue weighted by Crippen LogP contribution is -2.47. The number of nitrogens with zero attached hydrogens (tertiary/aromatic N) is 5. The minimum Gasteiger partial charge on any atom is -0.338 e. The van der Waals surface area contributed by atoms with Gasteiger partial charge in [0, 0.05) is 37.1 Å². The highest BCUT2D eigenvalue weighted by atomic mass is 15.3. The molecule has 2 heterocycles. The fourth-order valence-corrected chi connectivity index (χ4v) is 3.23.